The van der Waals surface area contributed by atoms with Crippen molar-refractivity contribution in [2.45, 2.75) is 17.5 Å². The van der Waals surface area contributed by atoms with Crippen molar-refractivity contribution in [1.82, 2.24) is 5.32 Å². The van der Waals surface area contributed by atoms with Crippen molar-refractivity contribution < 1.29 is 27.4 Å². The number of carbonyl (C=O) groups excluding carboxylic acids is 1. The summed E-state index contributed by atoms with van der Waals surface area (Å²) in [6.07, 6.45) is -4.36. The van der Waals surface area contributed by atoms with E-state index in [1.807, 2.05) is 30.3 Å². The number of benzene rings is 2. The number of urea groups is 1. The van der Waals surface area contributed by atoms with E-state index in [1.54, 1.807) is 0 Å². The highest BCUT2D eigenvalue weighted by atomic mass is 32.2. The molecule has 2 amide bonds. The lowest BCUT2D eigenvalue weighted by molar-refractivity contribution is -0.388. The third-order valence-corrected chi connectivity index (χ3v) is 5.48. The molecule has 2 aromatic rings. The minimum absolute atomic E-state index is 0.197. The fourth-order valence-corrected chi connectivity index (χ4v) is 4.19. The molecule has 0 spiro atoms. The number of nitro groups is 1. The first-order valence-corrected chi connectivity index (χ1v) is 9.37. The van der Waals surface area contributed by atoms with Gasteiger partial charge in [0.1, 0.15) is 5.69 Å². The van der Waals surface area contributed by atoms with Crippen LogP contribution in [0.1, 0.15) is 11.1 Å². The van der Waals surface area contributed by atoms with Crippen LogP contribution in [0, 0.1) is 10.1 Å². The van der Waals surface area contributed by atoms with Crippen LogP contribution in [0.15, 0.2) is 47.4 Å². The van der Waals surface area contributed by atoms with Crippen molar-refractivity contribution in [2.24, 2.45) is 0 Å². The third-order valence-electron chi connectivity index (χ3n) is 4.12. The first-order valence-electron chi connectivity index (χ1n) is 8.06. The molecule has 7 nitrogen and oxygen atoms in total. The number of hydrogen-bond acceptors (Lipinski definition) is 4. The monoisotopic (exact) mass is 413 g/mol. The molecule has 148 valence electrons. The van der Waals surface area contributed by atoms with E-state index in [0.717, 1.165) is 10.5 Å². The topological polar surface area (TPSA) is 98.5 Å². The molecule has 1 N–H and O–H groups in total. The average molecular weight is 413 g/mol. The Kier molecular flexibility index (Phi) is 5.47. The van der Waals surface area contributed by atoms with Gasteiger partial charge in [-0.1, -0.05) is 30.3 Å². The molecule has 0 saturated carbocycles. The standard InChI is InChI=1S/C17H14F3N3O4S/c18-17(19,20)12-8-13-15(14(9-12)23(25)26)28(27)10-22(13)16(24)21-7-6-11-4-2-1-3-5-11/h1-5,8-9H,6-7,10H2,(H,21,24). The number of anilines is 1. The van der Waals surface area contributed by atoms with Gasteiger partial charge in [-0.25, -0.2) is 9.69 Å². The maximum atomic E-state index is 13.1. The summed E-state index contributed by atoms with van der Waals surface area (Å²) in [7, 11) is 0. The van der Waals surface area contributed by atoms with Crippen LogP contribution in [0.4, 0.5) is 29.3 Å². The molecule has 1 unspecified atom stereocenters. The van der Waals surface area contributed by atoms with Gasteiger partial charge in [0.15, 0.2) is 5.88 Å². The summed E-state index contributed by atoms with van der Waals surface area (Å²) in [5, 5.41) is 13.7. The summed E-state index contributed by atoms with van der Waals surface area (Å²) < 4.78 is 51.6. The van der Waals surface area contributed by atoms with Gasteiger partial charge in [0.25, 0.3) is 4.90 Å². The molecular formula is C17H14F3N3O4S. The Balaban J connectivity index is 1.84. The maximum Gasteiger partial charge on any atom is 0.416 e. The summed E-state index contributed by atoms with van der Waals surface area (Å²) in [5.74, 6) is -0.450. The zero-order valence-corrected chi connectivity index (χ0v) is 15.0. The van der Waals surface area contributed by atoms with Crippen molar-refractivity contribution >= 4 is 28.6 Å². The number of carbonyl (C=O) groups is 1. The van der Waals surface area contributed by atoms with E-state index in [4.69, 9.17) is 0 Å². The van der Waals surface area contributed by atoms with E-state index in [9.17, 15) is 32.6 Å². The summed E-state index contributed by atoms with van der Waals surface area (Å²) in [5.41, 5.74) is -1.61. The van der Waals surface area contributed by atoms with Crippen molar-refractivity contribution in [2.75, 3.05) is 17.3 Å². The van der Waals surface area contributed by atoms with Gasteiger partial charge in [-0.05, 0) is 18.1 Å². The Morgan fingerprint density at radius 1 is 1.25 bits per heavy atom. The van der Waals surface area contributed by atoms with E-state index in [0.29, 0.717) is 18.6 Å². The first-order chi connectivity index (χ1) is 13.2. The zero-order valence-electron chi connectivity index (χ0n) is 14.2. The lowest BCUT2D eigenvalue weighted by atomic mass is 10.1. The van der Waals surface area contributed by atoms with E-state index in [2.05, 4.69) is 5.32 Å². The van der Waals surface area contributed by atoms with E-state index < -0.39 is 45.4 Å². The van der Waals surface area contributed by atoms with Gasteiger partial charge in [-0.3, -0.25) is 10.1 Å². The highest BCUT2D eigenvalue weighted by Crippen LogP contribution is 2.44. The molecule has 3 rings (SSSR count). The minimum atomic E-state index is -4.85. The Morgan fingerprint density at radius 3 is 2.54 bits per heavy atom. The predicted molar refractivity (Wildman–Crippen MR) is 95.4 cm³/mol. The number of halogens is 3. The van der Waals surface area contributed by atoms with Crippen LogP contribution < -0.4 is 10.2 Å². The second kappa shape index (κ2) is 7.68. The van der Waals surface area contributed by atoms with Crippen LogP contribution in [0.2, 0.25) is 0 Å². The highest BCUT2D eigenvalue weighted by Gasteiger charge is 2.45. The van der Waals surface area contributed by atoms with Gasteiger partial charge in [0.2, 0.25) is 0 Å². The lowest BCUT2D eigenvalue weighted by Crippen LogP contribution is -2.40. The molecule has 0 aliphatic carbocycles. The van der Waals surface area contributed by atoms with Crippen molar-refractivity contribution in [1.29, 1.82) is 0 Å². The molecule has 0 aromatic heterocycles. The second-order valence-corrected chi connectivity index (χ2v) is 7.33. The summed E-state index contributed by atoms with van der Waals surface area (Å²) >= 11 is -2.00. The third kappa shape index (κ3) is 4.04. The molecule has 0 saturated heterocycles. The second-order valence-electron chi connectivity index (χ2n) is 5.97. The van der Waals surface area contributed by atoms with E-state index in [-0.39, 0.29) is 17.1 Å². The minimum Gasteiger partial charge on any atom is -0.610 e. The molecule has 11 heteroatoms. The molecule has 1 aliphatic rings. The van der Waals surface area contributed by atoms with Crippen LogP contribution in [0.3, 0.4) is 0 Å². The number of rotatable bonds is 4. The van der Waals surface area contributed by atoms with Gasteiger partial charge < -0.3 is 9.87 Å². The molecular weight excluding hydrogens is 399 g/mol. The van der Waals surface area contributed by atoms with Gasteiger partial charge in [-0.15, -0.1) is 0 Å². The van der Waals surface area contributed by atoms with Gasteiger partial charge in [0, 0.05) is 23.8 Å². The fourth-order valence-electron chi connectivity index (χ4n) is 2.80. The van der Waals surface area contributed by atoms with Crippen molar-refractivity contribution in [3.63, 3.8) is 0 Å². The molecule has 0 bridgehead atoms. The number of alkyl halides is 3. The van der Waals surface area contributed by atoms with Crippen LogP contribution in [0.25, 0.3) is 0 Å². The van der Waals surface area contributed by atoms with Gasteiger partial charge in [0.05, 0.1) is 10.5 Å². The van der Waals surface area contributed by atoms with Gasteiger partial charge >= 0.3 is 17.9 Å². The Hall–Kier alpha value is -2.79. The van der Waals surface area contributed by atoms with Gasteiger partial charge in [-0.2, -0.15) is 13.2 Å². The summed E-state index contributed by atoms with van der Waals surface area (Å²) in [6, 6.07) is 9.39. The number of hydrogen-bond donors (Lipinski definition) is 1. The smallest absolute Gasteiger partial charge is 0.416 e. The Labute approximate surface area is 160 Å². The largest absolute Gasteiger partial charge is 0.610 e. The molecule has 2 aromatic carbocycles. The number of fused-ring (bicyclic) bond motifs is 1. The summed E-state index contributed by atoms with van der Waals surface area (Å²) in [4.78, 5) is 23.0. The van der Waals surface area contributed by atoms with Crippen molar-refractivity contribution in [3.8, 4) is 0 Å². The van der Waals surface area contributed by atoms with Crippen LogP contribution in [0.5, 0.6) is 0 Å². The van der Waals surface area contributed by atoms with Crippen molar-refractivity contribution in [3.05, 3.63) is 63.7 Å². The van der Waals surface area contributed by atoms with Crippen LogP contribution >= 0.6 is 0 Å². The maximum absolute atomic E-state index is 13.1. The van der Waals surface area contributed by atoms with E-state index in [1.165, 1.54) is 0 Å². The molecule has 0 fully saturated rings. The number of nitro benzene ring substituents is 1. The summed E-state index contributed by atoms with van der Waals surface area (Å²) in [6.45, 7) is 0.197. The van der Waals surface area contributed by atoms with E-state index >= 15 is 0 Å². The van der Waals surface area contributed by atoms with Crippen LogP contribution in [-0.4, -0.2) is 27.9 Å². The number of amides is 2. The number of nitrogens with one attached hydrogen (secondary N) is 1. The molecule has 1 heterocycles. The predicted octanol–water partition coefficient (Wildman–Crippen LogP) is 3.45. The first kappa shape index (κ1) is 20.0. The number of nitrogens with zero attached hydrogens (tertiary/aromatic N) is 2. The molecule has 0 radical (unpaired) electrons. The Bertz CT molecular complexity index is 909. The molecule has 1 atom stereocenters. The molecule has 1 aliphatic heterocycles. The lowest BCUT2D eigenvalue weighted by Gasteiger charge is -2.16. The average Bonchev–Trinajstić information content (AvgIpc) is 2.98. The fraction of sp³-hybridized carbons (Fsp3) is 0.235. The van der Waals surface area contributed by atoms with Crippen LogP contribution in [-0.2, 0) is 23.8 Å². The normalized spacial score (nSPS) is 16.0. The molecule has 28 heavy (non-hydrogen) atoms. The Morgan fingerprint density at radius 2 is 1.93 bits per heavy atom. The SMILES string of the molecule is O=C(NCCc1ccccc1)N1C[S+]([O-])c2c1cc(C(F)(F)F)cc2[N+](=O)[O-]. The quantitative estimate of drug-likeness (QED) is 0.472. The highest BCUT2D eigenvalue weighted by molar-refractivity contribution is 7.92. The zero-order chi connectivity index (χ0) is 20.5.